The predicted octanol–water partition coefficient (Wildman–Crippen LogP) is 2.90. The summed E-state index contributed by atoms with van der Waals surface area (Å²) in [6, 6.07) is 0.854. The number of carbonyl (C=O) groups is 2. The van der Waals surface area contributed by atoms with E-state index < -0.39 is 6.10 Å². The Hall–Kier alpha value is -1.26. The zero-order chi connectivity index (χ0) is 28.7. The lowest BCUT2D eigenvalue weighted by molar-refractivity contribution is -0.175. The average Bonchev–Trinajstić information content (AvgIpc) is 3.34. The number of nitrogens with one attached hydrogen (secondary N) is 2. The van der Waals surface area contributed by atoms with Gasteiger partial charge in [0.2, 0.25) is 11.8 Å². The molecule has 0 aromatic carbocycles. The van der Waals surface area contributed by atoms with Crippen molar-refractivity contribution in [3.8, 4) is 0 Å². The highest BCUT2D eigenvalue weighted by Crippen LogP contribution is 2.54. The van der Waals surface area contributed by atoms with Crippen molar-refractivity contribution in [3.05, 3.63) is 0 Å². The minimum absolute atomic E-state index is 0.000954. The number of carbonyl (C=O) groups excluding carboxylic acids is 2. The second-order valence-electron chi connectivity index (χ2n) is 13.8. The summed E-state index contributed by atoms with van der Waals surface area (Å²) in [6.45, 7) is 3.62. The van der Waals surface area contributed by atoms with E-state index in [4.69, 9.17) is 18.9 Å². The topological polar surface area (TPSA) is 98.4 Å². The van der Waals surface area contributed by atoms with Gasteiger partial charge >= 0.3 is 0 Å². The van der Waals surface area contributed by atoms with Crippen LogP contribution in [-0.4, -0.2) is 99.8 Å². The molecule has 6 rings (SSSR count). The van der Waals surface area contributed by atoms with Gasteiger partial charge in [0.25, 0.3) is 0 Å². The van der Waals surface area contributed by atoms with Gasteiger partial charge in [-0.3, -0.25) is 9.59 Å². The molecule has 0 aromatic heterocycles. The molecule has 6 aliphatic rings. The molecule has 0 radical (unpaired) electrons. The average molecular weight is 576 g/mol. The summed E-state index contributed by atoms with van der Waals surface area (Å²) in [5, 5.41) is 6.99. The Bertz CT molecular complexity index is 927. The van der Waals surface area contributed by atoms with Gasteiger partial charge in [-0.05, 0) is 108 Å². The van der Waals surface area contributed by atoms with E-state index in [9.17, 15) is 9.59 Å². The zero-order valence-corrected chi connectivity index (χ0v) is 25.6. The van der Waals surface area contributed by atoms with E-state index in [0.29, 0.717) is 42.4 Å². The van der Waals surface area contributed by atoms with Crippen molar-refractivity contribution in [3.63, 3.8) is 0 Å². The van der Waals surface area contributed by atoms with Crippen molar-refractivity contribution in [2.24, 2.45) is 29.6 Å². The molecular weight excluding hydrogens is 522 g/mol. The monoisotopic (exact) mass is 575 g/mol. The maximum atomic E-state index is 14.2. The maximum Gasteiger partial charge on any atom is 0.248 e. The molecule has 3 heterocycles. The summed E-state index contributed by atoms with van der Waals surface area (Å²) in [5.74, 6) is 2.06. The molecule has 2 amide bonds. The molecule has 3 aliphatic carbocycles. The van der Waals surface area contributed by atoms with E-state index in [1.54, 1.807) is 21.3 Å². The van der Waals surface area contributed by atoms with Crippen molar-refractivity contribution >= 4 is 11.8 Å². The Morgan fingerprint density at radius 3 is 2.44 bits per heavy atom. The van der Waals surface area contributed by atoms with E-state index in [2.05, 4.69) is 15.5 Å². The van der Waals surface area contributed by atoms with Crippen LogP contribution in [0.3, 0.4) is 0 Å². The standard InChI is InChI=1S/C32H53N3O6/c1-18(31(36)34-15-13-19-5-7-20(38-2)8-6-19)41-21-9-11-25-24(17-21)22-14-16-33-28-23-10-12-26(39-3)30(40-4)27(23)32(37)35(25)29(22)28/h18-30,33H,5-17H2,1-4H3,(H,34,36)/t18-,19?,20?,21?,22?,23?,24?,25?,26?,27?,28?,29?,30?/m1/s1. The molecule has 41 heavy (non-hydrogen) atoms. The second-order valence-corrected chi connectivity index (χ2v) is 13.8. The van der Waals surface area contributed by atoms with Crippen LogP contribution in [0, 0.1) is 29.6 Å². The highest BCUT2D eigenvalue weighted by Gasteiger charge is 2.64. The van der Waals surface area contributed by atoms with Crippen LogP contribution in [0.15, 0.2) is 0 Å². The smallest absolute Gasteiger partial charge is 0.248 e. The van der Waals surface area contributed by atoms with Crippen molar-refractivity contribution in [1.29, 1.82) is 0 Å². The van der Waals surface area contributed by atoms with Gasteiger partial charge in [0, 0.05) is 40.0 Å². The molecule has 2 N–H and O–H groups in total. The van der Waals surface area contributed by atoms with Crippen molar-refractivity contribution in [2.75, 3.05) is 34.4 Å². The lowest BCUT2D eigenvalue weighted by Gasteiger charge is -2.55. The fourth-order valence-electron chi connectivity index (χ4n) is 10.0. The Kier molecular flexibility index (Phi) is 9.28. The molecule has 3 saturated carbocycles. The number of amides is 2. The molecule has 3 aliphatic heterocycles. The number of hydrogen-bond donors (Lipinski definition) is 2. The van der Waals surface area contributed by atoms with Gasteiger partial charge in [-0.1, -0.05) is 0 Å². The van der Waals surface area contributed by atoms with Gasteiger partial charge in [0.1, 0.15) is 6.10 Å². The molecule has 10 unspecified atom stereocenters. The number of piperidine rings is 2. The van der Waals surface area contributed by atoms with E-state index in [1.807, 2.05) is 6.92 Å². The zero-order valence-electron chi connectivity index (χ0n) is 25.6. The molecule has 9 heteroatoms. The van der Waals surface area contributed by atoms with Crippen molar-refractivity contribution in [1.82, 2.24) is 15.5 Å². The first-order valence-electron chi connectivity index (χ1n) is 16.5. The van der Waals surface area contributed by atoms with Crippen LogP contribution >= 0.6 is 0 Å². The Balaban J connectivity index is 1.05. The van der Waals surface area contributed by atoms with Crippen LogP contribution in [0.1, 0.15) is 77.6 Å². The molecule has 11 atom stereocenters. The third-order valence-electron chi connectivity index (χ3n) is 12.0. The fourth-order valence-corrected chi connectivity index (χ4v) is 10.0. The van der Waals surface area contributed by atoms with Gasteiger partial charge in [-0.2, -0.15) is 0 Å². The highest BCUT2D eigenvalue weighted by atomic mass is 16.5. The number of methoxy groups -OCH3 is 3. The summed E-state index contributed by atoms with van der Waals surface area (Å²) in [6.07, 6.45) is 11.3. The summed E-state index contributed by atoms with van der Waals surface area (Å²) < 4.78 is 23.6. The lowest BCUT2D eigenvalue weighted by atomic mass is 9.64. The minimum atomic E-state index is -0.455. The van der Waals surface area contributed by atoms with Gasteiger partial charge in [-0.25, -0.2) is 0 Å². The molecule has 6 fully saturated rings. The van der Waals surface area contributed by atoms with Crippen LogP contribution in [-0.2, 0) is 28.5 Å². The Labute approximate surface area is 246 Å². The maximum absolute atomic E-state index is 14.2. The van der Waals surface area contributed by atoms with Crippen LogP contribution in [0.2, 0.25) is 0 Å². The molecule has 3 saturated heterocycles. The van der Waals surface area contributed by atoms with Crippen LogP contribution in [0.25, 0.3) is 0 Å². The fraction of sp³-hybridized carbons (Fsp3) is 0.938. The quantitative estimate of drug-likeness (QED) is 0.436. The van der Waals surface area contributed by atoms with E-state index in [1.165, 1.54) is 12.8 Å². The summed E-state index contributed by atoms with van der Waals surface area (Å²) in [4.78, 5) is 29.4. The van der Waals surface area contributed by atoms with Crippen LogP contribution < -0.4 is 10.6 Å². The number of nitrogens with zero attached hydrogens (tertiary/aromatic N) is 1. The Morgan fingerprint density at radius 2 is 1.71 bits per heavy atom. The van der Waals surface area contributed by atoms with E-state index in [-0.39, 0.29) is 48.1 Å². The van der Waals surface area contributed by atoms with Crippen molar-refractivity contribution < 1.29 is 28.5 Å². The molecule has 0 aromatic rings. The summed E-state index contributed by atoms with van der Waals surface area (Å²) in [7, 11) is 5.28. The number of ether oxygens (including phenoxy) is 4. The summed E-state index contributed by atoms with van der Waals surface area (Å²) >= 11 is 0. The lowest BCUT2D eigenvalue weighted by Crippen LogP contribution is -2.70. The molecular formula is C32H53N3O6. The minimum Gasteiger partial charge on any atom is -0.381 e. The largest absolute Gasteiger partial charge is 0.381 e. The molecule has 9 nitrogen and oxygen atoms in total. The van der Waals surface area contributed by atoms with Gasteiger partial charge in [0.05, 0.1) is 36.4 Å². The third-order valence-corrected chi connectivity index (χ3v) is 12.0. The van der Waals surface area contributed by atoms with E-state index >= 15 is 0 Å². The number of rotatable bonds is 9. The Morgan fingerprint density at radius 1 is 0.927 bits per heavy atom. The second kappa shape index (κ2) is 12.8. The molecule has 0 bridgehead atoms. The first-order chi connectivity index (χ1) is 19.9. The van der Waals surface area contributed by atoms with Gasteiger partial charge in [0.15, 0.2) is 0 Å². The van der Waals surface area contributed by atoms with E-state index in [0.717, 1.165) is 64.3 Å². The molecule has 232 valence electrons. The van der Waals surface area contributed by atoms with Gasteiger partial charge < -0.3 is 34.5 Å². The van der Waals surface area contributed by atoms with Crippen molar-refractivity contribution in [2.45, 2.75) is 126 Å². The first-order valence-corrected chi connectivity index (χ1v) is 16.5. The van der Waals surface area contributed by atoms with Gasteiger partial charge in [-0.15, -0.1) is 0 Å². The van der Waals surface area contributed by atoms with Crippen LogP contribution in [0.4, 0.5) is 0 Å². The number of fused-ring (bicyclic) bond motifs is 5. The normalized spacial score (nSPS) is 44.5. The summed E-state index contributed by atoms with van der Waals surface area (Å²) in [5.41, 5.74) is 0. The molecule has 0 spiro atoms. The first kappa shape index (κ1) is 29.8. The third kappa shape index (κ3) is 5.59. The SMILES string of the molecule is COC1CCC(CCNC(=O)[C@@H](C)OC2CCC3C(C2)C2CCNC4C5CCC(OC)C(OC)C5C(=O)N3C24)CC1. The predicted molar refractivity (Wildman–Crippen MR) is 154 cm³/mol. The number of hydrogen-bond acceptors (Lipinski definition) is 7. The van der Waals surface area contributed by atoms with Crippen LogP contribution in [0.5, 0.6) is 0 Å². The highest BCUT2D eigenvalue weighted by molar-refractivity contribution is 5.83.